The highest BCUT2D eigenvalue weighted by Gasteiger charge is 2.52. The molecule has 3 rings (SSSR count). The summed E-state index contributed by atoms with van der Waals surface area (Å²) in [6.07, 6.45) is 6.89. The molecule has 0 radical (unpaired) electrons. The lowest BCUT2D eigenvalue weighted by molar-refractivity contribution is 0.300. The van der Waals surface area contributed by atoms with Crippen LogP contribution >= 0.6 is 0 Å². The maximum absolute atomic E-state index is 12.5. The van der Waals surface area contributed by atoms with Gasteiger partial charge in [0.05, 0.1) is 10.6 Å². The Hall–Kier alpha value is -1.09. The van der Waals surface area contributed by atoms with Gasteiger partial charge in [-0.1, -0.05) is 57.5 Å². The van der Waals surface area contributed by atoms with E-state index in [0.29, 0.717) is 28.1 Å². The zero-order valence-electron chi connectivity index (χ0n) is 15.4. The van der Waals surface area contributed by atoms with Crippen LogP contribution in [0.1, 0.15) is 53.4 Å². The summed E-state index contributed by atoms with van der Waals surface area (Å²) >= 11 is 0. The minimum Gasteiger partial charge on any atom is -0.224 e. The van der Waals surface area contributed by atoms with Gasteiger partial charge in [0.25, 0.3) is 0 Å². The summed E-state index contributed by atoms with van der Waals surface area (Å²) in [4.78, 5) is 0.446. The predicted octanol–water partition coefficient (Wildman–Crippen LogP) is 5.26. The molecule has 0 heterocycles. The van der Waals surface area contributed by atoms with Crippen LogP contribution < -0.4 is 0 Å². The maximum Gasteiger partial charge on any atom is 0.178 e. The molecule has 0 bridgehead atoms. The van der Waals surface area contributed by atoms with Gasteiger partial charge in [0, 0.05) is 0 Å². The van der Waals surface area contributed by atoms with Crippen LogP contribution in [0.5, 0.6) is 0 Å². The van der Waals surface area contributed by atoms with E-state index in [-0.39, 0.29) is 5.75 Å². The standard InChI is InChI=1S/C21H30O2S/c1-16(10-11-24(22,23)19-8-6-5-7-9-19)17-12-20(2,3)14-18-15-21(18,4)13-17/h5-9,13,16,18H,10-12,14-15H2,1-4H3/t16-,18?,21+/m0/s1. The summed E-state index contributed by atoms with van der Waals surface area (Å²) in [7, 11) is -3.18. The summed E-state index contributed by atoms with van der Waals surface area (Å²) in [6.45, 7) is 9.29. The van der Waals surface area contributed by atoms with E-state index in [2.05, 4.69) is 33.8 Å². The molecule has 0 N–H and O–H groups in total. The highest BCUT2D eigenvalue weighted by Crippen LogP contribution is 2.62. The van der Waals surface area contributed by atoms with Crippen LogP contribution in [-0.2, 0) is 9.84 Å². The molecular weight excluding hydrogens is 316 g/mol. The largest absolute Gasteiger partial charge is 0.224 e. The van der Waals surface area contributed by atoms with E-state index in [1.165, 1.54) is 18.4 Å². The molecular formula is C21H30O2S. The second kappa shape index (κ2) is 6.01. The van der Waals surface area contributed by atoms with Crippen molar-refractivity contribution in [1.82, 2.24) is 0 Å². The third-order valence-corrected chi connectivity index (χ3v) is 7.77. The fourth-order valence-electron chi connectivity index (χ4n) is 4.30. The van der Waals surface area contributed by atoms with Crippen LogP contribution in [0, 0.1) is 22.7 Å². The number of allylic oxidation sites excluding steroid dienone is 2. The number of benzene rings is 1. The van der Waals surface area contributed by atoms with E-state index in [9.17, 15) is 8.42 Å². The first-order chi connectivity index (χ1) is 11.1. The third-order valence-electron chi connectivity index (χ3n) is 6.01. The summed E-state index contributed by atoms with van der Waals surface area (Å²) < 4.78 is 25.1. The number of hydrogen-bond donors (Lipinski definition) is 0. The van der Waals surface area contributed by atoms with Gasteiger partial charge in [-0.05, 0) is 60.5 Å². The Bertz CT molecular complexity index is 730. The minimum atomic E-state index is -3.18. The minimum absolute atomic E-state index is 0.232. The van der Waals surface area contributed by atoms with E-state index in [0.717, 1.165) is 12.3 Å². The SMILES string of the molecule is C[C@@H](CCS(=O)(=O)c1ccccc1)C1=C[C@]2(C)CC2CC(C)(C)C1. The normalized spacial score (nSPS) is 30.0. The monoisotopic (exact) mass is 346 g/mol. The van der Waals surface area contributed by atoms with Crippen LogP contribution in [0.15, 0.2) is 46.9 Å². The fourth-order valence-corrected chi connectivity index (χ4v) is 5.77. The van der Waals surface area contributed by atoms with Gasteiger partial charge in [0.2, 0.25) is 0 Å². The van der Waals surface area contributed by atoms with Crippen molar-refractivity contribution in [3.63, 3.8) is 0 Å². The molecule has 0 aromatic heterocycles. The highest BCUT2D eigenvalue weighted by molar-refractivity contribution is 7.91. The smallest absolute Gasteiger partial charge is 0.178 e. The van der Waals surface area contributed by atoms with Gasteiger partial charge in [-0.15, -0.1) is 0 Å². The first-order valence-electron chi connectivity index (χ1n) is 9.11. The Labute approximate surface area is 147 Å². The van der Waals surface area contributed by atoms with Crippen molar-refractivity contribution in [3.8, 4) is 0 Å². The topological polar surface area (TPSA) is 34.1 Å². The molecule has 1 aromatic carbocycles. The Morgan fingerprint density at radius 1 is 1.12 bits per heavy atom. The van der Waals surface area contributed by atoms with E-state index >= 15 is 0 Å². The Kier molecular flexibility index (Phi) is 4.44. The molecule has 2 aliphatic rings. The zero-order valence-corrected chi connectivity index (χ0v) is 16.2. The first kappa shape index (κ1) is 17.7. The molecule has 3 atom stereocenters. The molecule has 0 spiro atoms. The average molecular weight is 347 g/mol. The van der Waals surface area contributed by atoms with Crippen molar-refractivity contribution < 1.29 is 8.42 Å². The van der Waals surface area contributed by atoms with Gasteiger partial charge in [0.1, 0.15) is 0 Å². The van der Waals surface area contributed by atoms with Crippen molar-refractivity contribution in [1.29, 1.82) is 0 Å². The Balaban J connectivity index is 1.71. The highest BCUT2D eigenvalue weighted by atomic mass is 32.2. The molecule has 1 unspecified atom stereocenters. The van der Waals surface area contributed by atoms with Crippen LogP contribution in [0.2, 0.25) is 0 Å². The molecule has 2 aliphatic carbocycles. The molecule has 24 heavy (non-hydrogen) atoms. The quantitative estimate of drug-likeness (QED) is 0.682. The van der Waals surface area contributed by atoms with Crippen molar-refractivity contribution in [2.24, 2.45) is 22.7 Å². The van der Waals surface area contributed by atoms with E-state index in [4.69, 9.17) is 0 Å². The molecule has 2 nitrogen and oxygen atoms in total. The van der Waals surface area contributed by atoms with Gasteiger partial charge in [-0.25, -0.2) is 8.42 Å². The summed E-state index contributed by atoms with van der Waals surface area (Å²) in [5.41, 5.74) is 2.18. The lowest BCUT2D eigenvalue weighted by Crippen LogP contribution is -2.17. The zero-order chi connectivity index (χ0) is 17.6. The molecule has 0 aliphatic heterocycles. The van der Waals surface area contributed by atoms with Crippen LogP contribution in [-0.4, -0.2) is 14.2 Å². The van der Waals surface area contributed by atoms with Gasteiger partial charge in [-0.3, -0.25) is 0 Å². The second-order valence-electron chi connectivity index (χ2n) is 8.99. The van der Waals surface area contributed by atoms with Gasteiger partial charge >= 0.3 is 0 Å². The lowest BCUT2D eigenvalue weighted by atomic mass is 9.79. The fraction of sp³-hybridized carbons (Fsp3) is 0.619. The number of hydrogen-bond acceptors (Lipinski definition) is 2. The van der Waals surface area contributed by atoms with Crippen molar-refractivity contribution in [2.45, 2.75) is 58.3 Å². The summed E-state index contributed by atoms with van der Waals surface area (Å²) in [5.74, 6) is 1.39. The summed E-state index contributed by atoms with van der Waals surface area (Å²) in [5, 5.41) is 0. The molecule has 0 saturated heterocycles. The van der Waals surface area contributed by atoms with Gasteiger partial charge in [-0.2, -0.15) is 0 Å². The number of sulfone groups is 1. The molecule has 1 aromatic rings. The molecule has 1 saturated carbocycles. The Morgan fingerprint density at radius 3 is 2.46 bits per heavy atom. The molecule has 132 valence electrons. The van der Waals surface area contributed by atoms with Crippen molar-refractivity contribution in [3.05, 3.63) is 42.0 Å². The number of rotatable bonds is 5. The Morgan fingerprint density at radius 2 is 1.79 bits per heavy atom. The van der Waals surface area contributed by atoms with Crippen molar-refractivity contribution >= 4 is 9.84 Å². The van der Waals surface area contributed by atoms with Gasteiger partial charge < -0.3 is 0 Å². The molecule has 3 heteroatoms. The molecule has 0 amide bonds. The van der Waals surface area contributed by atoms with Crippen LogP contribution in [0.25, 0.3) is 0 Å². The van der Waals surface area contributed by atoms with Crippen molar-refractivity contribution in [2.75, 3.05) is 5.75 Å². The first-order valence-corrected chi connectivity index (χ1v) is 10.8. The van der Waals surface area contributed by atoms with E-state index in [1.54, 1.807) is 24.3 Å². The van der Waals surface area contributed by atoms with E-state index in [1.807, 2.05) is 6.07 Å². The van der Waals surface area contributed by atoms with E-state index < -0.39 is 9.84 Å². The average Bonchev–Trinajstić information content (AvgIpc) is 3.14. The van der Waals surface area contributed by atoms with Gasteiger partial charge in [0.15, 0.2) is 9.84 Å². The predicted molar refractivity (Wildman–Crippen MR) is 99.6 cm³/mol. The van der Waals surface area contributed by atoms with Crippen LogP contribution in [0.4, 0.5) is 0 Å². The summed E-state index contributed by atoms with van der Waals surface area (Å²) in [6, 6.07) is 8.84. The second-order valence-corrected chi connectivity index (χ2v) is 11.1. The molecule has 1 fully saturated rings. The maximum atomic E-state index is 12.5. The lowest BCUT2D eigenvalue weighted by Gasteiger charge is -2.27. The van der Waals surface area contributed by atoms with Crippen LogP contribution in [0.3, 0.4) is 0 Å². The third kappa shape index (κ3) is 3.77. The number of fused-ring (bicyclic) bond motifs is 1.